The number of hydrogen-bond donors (Lipinski definition) is 0. The largest absolute Gasteiger partial charge is 0.340 e. The van der Waals surface area contributed by atoms with Crippen molar-refractivity contribution in [2.75, 3.05) is 7.05 Å². The Balaban J connectivity index is 2.62. The highest BCUT2D eigenvalue weighted by Gasteiger charge is 2.14. The van der Waals surface area contributed by atoms with Gasteiger partial charge < -0.3 is 4.90 Å². The highest BCUT2D eigenvalue weighted by Crippen LogP contribution is 2.15. The third-order valence-electron chi connectivity index (χ3n) is 2.10. The van der Waals surface area contributed by atoms with E-state index in [1.54, 1.807) is 16.2 Å². The number of hydrogen-bond acceptors (Lipinski definition) is 3. The lowest BCUT2D eigenvalue weighted by Crippen LogP contribution is -2.29. The van der Waals surface area contributed by atoms with Crippen LogP contribution in [0.15, 0.2) is 5.51 Å². The zero-order valence-electron chi connectivity index (χ0n) is 9.07. The molecule has 0 radical (unpaired) electrons. The first-order valence-corrected chi connectivity index (χ1v) is 5.54. The van der Waals surface area contributed by atoms with Crippen LogP contribution in [-0.4, -0.2) is 22.8 Å². The first-order valence-electron chi connectivity index (χ1n) is 4.66. The predicted octanol–water partition coefficient (Wildman–Crippen LogP) is 2.07. The standard InChI is InChI=1S/C10H16N2OS/c1-7(2)10(13)12(4)5-9-8(3)11-6-14-9/h6-7H,5H2,1-4H3. The molecule has 0 atom stereocenters. The minimum Gasteiger partial charge on any atom is -0.340 e. The van der Waals surface area contributed by atoms with Gasteiger partial charge in [0.25, 0.3) is 0 Å². The molecule has 0 saturated heterocycles. The molecule has 0 spiro atoms. The number of aryl methyl sites for hydroxylation is 1. The van der Waals surface area contributed by atoms with Gasteiger partial charge in [-0.05, 0) is 6.92 Å². The predicted molar refractivity (Wildman–Crippen MR) is 58.2 cm³/mol. The lowest BCUT2D eigenvalue weighted by Gasteiger charge is -2.18. The monoisotopic (exact) mass is 212 g/mol. The molecule has 1 rings (SSSR count). The molecule has 1 heterocycles. The summed E-state index contributed by atoms with van der Waals surface area (Å²) >= 11 is 1.60. The highest BCUT2D eigenvalue weighted by molar-refractivity contribution is 7.09. The van der Waals surface area contributed by atoms with E-state index in [0.29, 0.717) is 6.54 Å². The number of thiazole rings is 1. The van der Waals surface area contributed by atoms with Crippen molar-refractivity contribution in [1.82, 2.24) is 9.88 Å². The van der Waals surface area contributed by atoms with Gasteiger partial charge in [0, 0.05) is 17.8 Å². The van der Waals surface area contributed by atoms with E-state index < -0.39 is 0 Å². The zero-order chi connectivity index (χ0) is 10.7. The Labute approximate surface area is 88.8 Å². The van der Waals surface area contributed by atoms with E-state index in [9.17, 15) is 4.79 Å². The summed E-state index contributed by atoms with van der Waals surface area (Å²) in [6.07, 6.45) is 0. The van der Waals surface area contributed by atoms with Crippen LogP contribution in [0.1, 0.15) is 24.4 Å². The molecule has 14 heavy (non-hydrogen) atoms. The normalized spacial score (nSPS) is 10.6. The van der Waals surface area contributed by atoms with Crippen LogP contribution in [0.5, 0.6) is 0 Å². The fourth-order valence-electron chi connectivity index (χ4n) is 1.21. The number of carbonyl (C=O) groups is 1. The van der Waals surface area contributed by atoms with Crippen molar-refractivity contribution in [2.24, 2.45) is 5.92 Å². The molecule has 1 amide bonds. The van der Waals surface area contributed by atoms with Gasteiger partial charge in [0.15, 0.2) is 0 Å². The van der Waals surface area contributed by atoms with Crippen LogP contribution in [-0.2, 0) is 11.3 Å². The molecule has 0 bridgehead atoms. The molecule has 4 heteroatoms. The molecule has 3 nitrogen and oxygen atoms in total. The summed E-state index contributed by atoms with van der Waals surface area (Å²) in [6, 6.07) is 0. The lowest BCUT2D eigenvalue weighted by molar-refractivity contribution is -0.133. The molecule has 0 fully saturated rings. The van der Waals surface area contributed by atoms with Crippen molar-refractivity contribution in [3.05, 3.63) is 16.1 Å². The number of aromatic nitrogens is 1. The van der Waals surface area contributed by atoms with E-state index in [-0.39, 0.29) is 11.8 Å². The maximum atomic E-state index is 11.6. The molecule has 0 N–H and O–H groups in total. The van der Waals surface area contributed by atoms with Gasteiger partial charge in [-0.1, -0.05) is 13.8 Å². The first kappa shape index (κ1) is 11.2. The third kappa shape index (κ3) is 2.54. The van der Waals surface area contributed by atoms with Crippen molar-refractivity contribution < 1.29 is 4.79 Å². The smallest absolute Gasteiger partial charge is 0.225 e. The van der Waals surface area contributed by atoms with Gasteiger partial charge in [0.05, 0.1) is 17.7 Å². The van der Waals surface area contributed by atoms with Gasteiger partial charge in [0.2, 0.25) is 5.91 Å². The minimum absolute atomic E-state index is 0.0632. The fourth-order valence-corrected chi connectivity index (χ4v) is 2.04. The summed E-state index contributed by atoms with van der Waals surface area (Å²) < 4.78 is 0. The average molecular weight is 212 g/mol. The maximum Gasteiger partial charge on any atom is 0.225 e. The number of rotatable bonds is 3. The van der Waals surface area contributed by atoms with Gasteiger partial charge in [-0.25, -0.2) is 4.98 Å². The van der Waals surface area contributed by atoms with E-state index in [2.05, 4.69) is 4.98 Å². The second-order valence-corrected chi connectivity index (χ2v) is 4.65. The quantitative estimate of drug-likeness (QED) is 0.768. The molecule has 0 aliphatic heterocycles. The van der Waals surface area contributed by atoms with Crippen molar-refractivity contribution in [3.63, 3.8) is 0 Å². The molecule has 0 aliphatic carbocycles. The average Bonchev–Trinajstić information content (AvgIpc) is 2.50. The molecule has 0 unspecified atom stereocenters. The summed E-state index contributed by atoms with van der Waals surface area (Å²) in [7, 11) is 1.83. The summed E-state index contributed by atoms with van der Waals surface area (Å²) in [5.41, 5.74) is 2.84. The van der Waals surface area contributed by atoms with Crippen LogP contribution in [0.2, 0.25) is 0 Å². The van der Waals surface area contributed by atoms with E-state index in [1.807, 2.05) is 33.3 Å². The Morgan fingerprint density at radius 2 is 2.29 bits per heavy atom. The van der Waals surface area contributed by atoms with Gasteiger partial charge >= 0.3 is 0 Å². The van der Waals surface area contributed by atoms with E-state index in [1.165, 1.54) is 4.88 Å². The molecule has 78 valence electrons. The van der Waals surface area contributed by atoms with Crippen molar-refractivity contribution in [2.45, 2.75) is 27.3 Å². The van der Waals surface area contributed by atoms with Crippen LogP contribution < -0.4 is 0 Å². The lowest BCUT2D eigenvalue weighted by atomic mass is 10.2. The summed E-state index contributed by atoms with van der Waals surface area (Å²) in [5.74, 6) is 0.242. The second-order valence-electron chi connectivity index (χ2n) is 3.71. The molecule has 0 aliphatic rings. The van der Waals surface area contributed by atoms with Crippen LogP contribution in [0, 0.1) is 12.8 Å². The molecule has 1 aromatic heterocycles. The second kappa shape index (κ2) is 4.55. The number of amides is 1. The Morgan fingerprint density at radius 3 is 2.71 bits per heavy atom. The molecular weight excluding hydrogens is 196 g/mol. The minimum atomic E-state index is 0.0632. The molecule has 1 aromatic rings. The SMILES string of the molecule is Cc1ncsc1CN(C)C(=O)C(C)C. The molecule has 0 aromatic carbocycles. The Hall–Kier alpha value is -0.900. The van der Waals surface area contributed by atoms with Gasteiger partial charge in [-0.15, -0.1) is 11.3 Å². The van der Waals surface area contributed by atoms with Gasteiger partial charge in [-0.2, -0.15) is 0 Å². The maximum absolute atomic E-state index is 11.6. The van der Waals surface area contributed by atoms with Crippen LogP contribution in [0.4, 0.5) is 0 Å². The molecule has 0 saturated carbocycles. The first-order chi connectivity index (χ1) is 6.52. The number of nitrogens with zero attached hydrogens (tertiary/aromatic N) is 2. The zero-order valence-corrected chi connectivity index (χ0v) is 9.89. The molecular formula is C10H16N2OS. The summed E-state index contributed by atoms with van der Waals surface area (Å²) in [6.45, 7) is 6.48. The van der Waals surface area contributed by atoms with Crippen molar-refractivity contribution in [1.29, 1.82) is 0 Å². The highest BCUT2D eigenvalue weighted by atomic mass is 32.1. The van der Waals surface area contributed by atoms with Crippen LogP contribution in [0.25, 0.3) is 0 Å². The van der Waals surface area contributed by atoms with Gasteiger partial charge in [-0.3, -0.25) is 4.79 Å². The van der Waals surface area contributed by atoms with E-state index >= 15 is 0 Å². The van der Waals surface area contributed by atoms with Crippen molar-refractivity contribution >= 4 is 17.2 Å². The third-order valence-corrected chi connectivity index (χ3v) is 3.02. The fraction of sp³-hybridized carbons (Fsp3) is 0.600. The summed E-state index contributed by atoms with van der Waals surface area (Å²) in [4.78, 5) is 18.7. The van der Waals surface area contributed by atoms with E-state index in [0.717, 1.165) is 5.69 Å². The Bertz CT molecular complexity index is 320. The Morgan fingerprint density at radius 1 is 1.64 bits per heavy atom. The van der Waals surface area contributed by atoms with Crippen LogP contribution >= 0.6 is 11.3 Å². The number of carbonyl (C=O) groups excluding carboxylic acids is 1. The van der Waals surface area contributed by atoms with E-state index in [4.69, 9.17) is 0 Å². The Kier molecular flexibility index (Phi) is 3.63. The topological polar surface area (TPSA) is 33.2 Å². The van der Waals surface area contributed by atoms with Crippen molar-refractivity contribution in [3.8, 4) is 0 Å². The summed E-state index contributed by atoms with van der Waals surface area (Å²) in [5, 5.41) is 0. The van der Waals surface area contributed by atoms with Crippen LogP contribution in [0.3, 0.4) is 0 Å². The van der Waals surface area contributed by atoms with Gasteiger partial charge in [0.1, 0.15) is 0 Å².